The number of hydrogen-bond acceptors (Lipinski definition) is 6. The van der Waals surface area contributed by atoms with E-state index in [9.17, 15) is 18.0 Å². The van der Waals surface area contributed by atoms with Gasteiger partial charge in [-0.05, 0) is 59.1 Å². The van der Waals surface area contributed by atoms with Gasteiger partial charge in [0.15, 0.2) is 9.84 Å². The number of carbonyl (C=O) groups excluding carboxylic acids is 2. The maximum atomic E-state index is 12.5. The van der Waals surface area contributed by atoms with Crippen LogP contribution in [-0.4, -0.2) is 50.0 Å². The Hall–Kier alpha value is -2.03. The van der Waals surface area contributed by atoms with Crippen LogP contribution >= 0.6 is 0 Å². The highest BCUT2D eigenvalue weighted by Gasteiger charge is 2.25. The summed E-state index contributed by atoms with van der Waals surface area (Å²) in [6.07, 6.45) is -0.375. The molecule has 148 valence electrons. The molecule has 2 N–H and O–H groups in total. The van der Waals surface area contributed by atoms with Crippen LogP contribution in [0.25, 0.3) is 0 Å². The van der Waals surface area contributed by atoms with Crippen molar-refractivity contribution in [3.8, 4) is 0 Å². The molecule has 1 amide bonds. The zero-order chi connectivity index (χ0) is 20.1. The lowest BCUT2D eigenvalue weighted by molar-refractivity contribution is 0.0512. The Morgan fingerprint density at radius 2 is 1.77 bits per heavy atom. The molecular formula is C17H28N2O6S. The number of hydrogen-bond donors (Lipinski definition) is 2. The summed E-state index contributed by atoms with van der Waals surface area (Å²) in [4.78, 5) is 26.1. The van der Waals surface area contributed by atoms with Crippen LogP contribution < -0.4 is 5.32 Å². The van der Waals surface area contributed by atoms with Crippen molar-refractivity contribution in [3.05, 3.63) is 16.8 Å². The summed E-state index contributed by atoms with van der Waals surface area (Å²) in [6.45, 7) is 10.6. The fourth-order valence-corrected chi connectivity index (χ4v) is 3.85. The third-order valence-electron chi connectivity index (χ3n) is 3.57. The van der Waals surface area contributed by atoms with E-state index in [1.54, 1.807) is 41.5 Å². The Kier molecular flexibility index (Phi) is 7.25. The Morgan fingerprint density at radius 3 is 2.31 bits per heavy atom. The van der Waals surface area contributed by atoms with E-state index in [1.807, 2.05) is 0 Å². The number of amides is 1. The number of H-pyrrole nitrogens is 1. The van der Waals surface area contributed by atoms with E-state index in [2.05, 4.69) is 10.3 Å². The number of rotatable bonds is 7. The molecule has 0 aliphatic heterocycles. The fraction of sp³-hybridized carbons (Fsp3) is 0.647. The smallest absolute Gasteiger partial charge is 0.407 e. The van der Waals surface area contributed by atoms with Gasteiger partial charge in [-0.15, -0.1) is 0 Å². The molecule has 1 rings (SSSR count). The van der Waals surface area contributed by atoms with E-state index in [4.69, 9.17) is 9.47 Å². The predicted molar refractivity (Wildman–Crippen MR) is 97.1 cm³/mol. The maximum absolute atomic E-state index is 12.5. The molecule has 0 bridgehead atoms. The average molecular weight is 388 g/mol. The van der Waals surface area contributed by atoms with Crippen molar-refractivity contribution in [1.82, 2.24) is 10.3 Å². The second-order valence-electron chi connectivity index (χ2n) is 6.90. The highest BCUT2D eigenvalue weighted by Crippen LogP contribution is 2.23. The van der Waals surface area contributed by atoms with Gasteiger partial charge in [0.05, 0.1) is 12.4 Å². The van der Waals surface area contributed by atoms with Crippen LogP contribution in [0.2, 0.25) is 0 Å². The SMILES string of the molecule is CCOC(=O)c1[nH]c(S(=O)(=O)CCCNC(=O)OC(C)(C)C)c(C)c1C. The molecule has 9 heteroatoms. The number of alkyl carbamates (subject to hydrolysis) is 1. The number of aromatic amines is 1. The van der Waals surface area contributed by atoms with Gasteiger partial charge in [0.25, 0.3) is 0 Å². The first-order valence-corrected chi connectivity index (χ1v) is 10.1. The second kappa shape index (κ2) is 8.57. The quantitative estimate of drug-likeness (QED) is 0.548. The molecule has 0 unspecified atom stereocenters. The molecule has 8 nitrogen and oxygen atoms in total. The summed E-state index contributed by atoms with van der Waals surface area (Å²) in [5, 5.41) is 2.53. The van der Waals surface area contributed by atoms with Gasteiger partial charge in [0, 0.05) is 6.54 Å². The van der Waals surface area contributed by atoms with E-state index in [0.29, 0.717) is 11.1 Å². The molecule has 0 saturated heterocycles. The molecular weight excluding hydrogens is 360 g/mol. The van der Waals surface area contributed by atoms with Gasteiger partial charge < -0.3 is 19.8 Å². The maximum Gasteiger partial charge on any atom is 0.407 e. The van der Waals surface area contributed by atoms with Gasteiger partial charge in [0.1, 0.15) is 16.3 Å². The lowest BCUT2D eigenvalue weighted by atomic mass is 10.2. The van der Waals surface area contributed by atoms with E-state index in [0.717, 1.165) is 0 Å². The first kappa shape index (κ1) is 22.0. The molecule has 0 atom stereocenters. The van der Waals surface area contributed by atoms with Crippen molar-refractivity contribution in [3.63, 3.8) is 0 Å². The third-order valence-corrected chi connectivity index (χ3v) is 5.42. The van der Waals surface area contributed by atoms with Crippen LogP contribution in [-0.2, 0) is 19.3 Å². The van der Waals surface area contributed by atoms with Crippen LogP contribution in [0, 0.1) is 13.8 Å². The van der Waals surface area contributed by atoms with Crippen molar-refractivity contribution in [2.45, 2.75) is 58.6 Å². The van der Waals surface area contributed by atoms with Crippen molar-refractivity contribution < 1.29 is 27.5 Å². The molecule has 0 saturated carbocycles. The molecule has 1 aromatic heterocycles. The number of carbonyl (C=O) groups is 2. The number of nitrogens with one attached hydrogen (secondary N) is 2. The van der Waals surface area contributed by atoms with Crippen LogP contribution in [0.1, 0.15) is 55.7 Å². The normalized spacial score (nSPS) is 11.9. The minimum atomic E-state index is -3.63. The number of esters is 1. The minimum Gasteiger partial charge on any atom is -0.461 e. The standard InChI is InChI=1S/C17H28N2O6S/c1-7-24-15(20)13-11(2)12(3)14(19-13)26(22,23)10-8-9-18-16(21)25-17(4,5)6/h19H,7-10H2,1-6H3,(H,18,21). The van der Waals surface area contributed by atoms with Crippen LogP contribution in [0.4, 0.5) is 4.79 Å². The van der Waals surface area contributed by atoms with Crippen LogP contribution in [0.3, 0.4) is 0 Å². The first-order valence-electron chi connectivity index (χ1n) is 8.45. The molecule has 1 heterocycles. The molecule has 0 radical (unpaired) electrons. The van der Waals surface area contributed by atoms with E-state index < -0.39 is 27.5 Å². The van der Waals surface area contributed by atoms with Gasteiger partial charge in [-0.1, -0.05) is 0 Å². The highest BCUT2D eigenvalue weighted by atomic mass is 32.2. The monoisotopic (exact) mass is 388 g/mol. The molecule has 1 aromatic rings. The van der Waals surface area contributed by atoms with Crippen molar-refractivity contribution in [2.75, 3.05) is 18.9 Å². The van der Waals surface area contributed by atoms with E-state index in [1.165, 1.54) is 0 Å². The molecule has 0 aliphatic carbocycles. The van der Waals surface area contributed by atoms with Crippen molar-refractivity contribution in [2.24, 2.45) is 0 Å². The topological polar surface area (TPSA) is 115 Å². The van der Waals surface area contributed by atoms with Gasteiger partial charge in [-0.3, -0.25) is 0 Å². The third kappa shape index (κ3) is 6.05. The summed E-state index contributed by atoms with van der Waals surface area (Å²) in [5.41, 5.74) is 0.579. The fourth-order valence-electron chi connectivity index (χ4n) is 2.25. The largest absolute Gasteiger partial charge is 0.461 e. The van der Waals surface area contributed by atoms with Gasteiger partial charge in [0.2, 0.25) is 0 Å². The zero-order valence-corrected chi connectivity index (χ0v) is 17.0. The Bertz CT molecular complexity index is 759. The predicted octanol–water partition coefficient (Wildman–Crippen LogP) is 2.50. The number of aromatic nitrogens is 1. The molecule has 0 spiro atoms. The zero-order valence-electron chi connectivity index (χ0n) is 16.2. The lowest BCUT2D eigenvalue weighted by Crippen LogP contribution is -2.33. The number of sulfone groups is 1. The second-order valence-corrected chi connectivity index (χ2v) is 8.95. The summed E-state index contributed by atoms with van der Waals surface area (Å²) in [6, 6.07) is 0. The Balaban J connectivity index is 2.73. The summed E-state index contributed by atoms with van der Waals surface area (Å²) < 4.78 is 35.1. The minimum absolute atomic E-state index is 0.00956. The first-order chi connectivity index (χ1) is 11.9. The summed E-state index contributed by atoms with van der Waals surface area (Å²) >= 11 is 0. The molecule has 26 heavy (non-hydrogen) atoms. The average Bonchev–Trinajstić information content (AvgIpc) is 2.79. The lowest BCUT2D eigenvalue weighted by Gasteiger charge is -2.19. The molecule has 0 aliphatic rings. The highest BCUT2D eigenvalue weighted by molar-refractivity contribution is 7.91. The summed E-state index contributed by atoms with van der Waals surface area (Å²) in [7, 11) is -3.63. The van der Waals surface area contributed by atoms with Crippen molar-refractivity contribution in [1.29, 1.82) is 0 Å². The number of ether oxygens (including phenoxy) is 2. The molecule has 0 aromatic carbocycles. The molecule has 0 fully saturated rings. The van der Waals surface area contributed by atoms with Gasteiger partial charge in [-0.2, -0.15) is 0 Å². The van der Waals surface area contributed by atoms with E-state index in [-0.39, 0.29) is 36.0 Å². The van der Waals surface area contributed by atoms with Gasteiger partial charge in [-0.25, -0.2) is 18.0 Å². The Morgan fingerprint density at radius 1 is 1.15 bits per heavy atom. The summed E-state index contributed by atoms with van der Waals surface area (Å²) in [5.74, 6) is -0.757. The van der Waals surface area contributed by atoms with Crippen molar-refractivity contribution >= 4 is 21.9 Å². The van der Waals surface area contributed by atoms with Crippen LogP contribution in [0.15, 0.2) is 5.03 Å². The van der Waals surface area contributed by atoms with Crippen LogP contribution in [0.5, 0.6) is 0 Å². The Labute approximate surface area is 154 Å². The van der Waals surface area contributed by atoms with E-state index >= 15 is 0 Å². The van der Waals surface area contributed by atoms with Gasteiger partial charge >= 0.3 is 12.1 Å².